The van der Waals surface area contributed by atoms with E-state index in [2.05, 4.69) is 56.3 Å². The molecule has 29 heavy (non-hydrogen) atoms. The molecule has 2 aliphatic rings. The Kier molecular flexibility index (Phi) is 5.37. The molecular weight excluding hydrogens is 364 g/mol. The number of likely N-dealkylation sites (tertiary alicyclic amines) is 1. The van der Waals surface area contributed by atoms with Gasteiger partial charge >= 0.3 is 0 Å². The molecule has 4 heterocycles. The summed E-state index contributed by atoms with van der Waals surface area (Å²) in [4.78, 5) is 7.07. The van der Waals surface area contributed by atoms with E-state index < -0.39 is 0 Å². The minimum Gasteiger partial charge on any atom is -0.486 e. The number of ether oxygens (including phenoxy) is 2. The van der Waals surface area contributed by atoms with Gasteiger partial charge in [-0.1, -0.05) is 18.2 Å². The Labute approximate surface area is 171 Å². The summed E-state index contributed by atoms with van der Waals surface area (Å²) < 4.78 is 13.6. The van der Waals surface area contributed by atoms with Gasteiger partial charge in [0.25, 0.3) is 0 Å². The minimum absolute atomic E-state index is 0.550. The van der Waals surface area contributed by atoms with Gasteiger partial charge in [0.15, 0.2) is 11.5 Å². The van der Waals surface area contributed by atoms with Gasteiger partial charge in [-0.05, 0) is 43.5 Å². The Morgan fingerprint density at radius 2 is 1.83 bits per heavy atom. The van der Waals surface area contributed by atoms with E-state index in [0.717, 1.165) is 49.9 Å². The van der Waals surface area contributed by atoms with Gasteiger partial charge in [0, 0.05) is 43.5 Å². The molecule has 1 fully saturated rings. The molecule has 0 bridgehead atoms. The molecule has 6 heteroatoms. The molecule has 1 aromatic carbocycles. The fourth-order valence-electron chi connectivity index (χ4n) is 4.28. The van der Waals surface area contributed by atoms with Gasteiger partial charge < -0.3 is 24.3 Å². The average Bonchev–Trinajstić information content (AvgIpc) is 3.20. The van der Waals surface area contributed by atoms with Gasteiger partial charge in [-0.2, -0.15) is 0 Å². The zero-order valence-electron chi connectivity index (χ0n) is 16.7. The second kappa shape index (κ2) is 8.43. The molecule has 1 N–H and O–H groups in total. The summed E-state index contributed by atoms with van der Waals surface area (Å²) in [6, 6.07) is 13.4. The van der Waals surface area contributed by atoms with E-state index >= 15 is 0 Å². The van der Waals surface area contributed by atoms with Crippen LogP contribution in [0.25, 0.3) is 10.9 Å². The largest absolute Gasteiger partial charge is 0.486 e. The van der Waals surface area contributed by atoms with Crippen molar-refractivity contribution in [3.63, 3.8) is 0 Å². The number of hydrogen-bond acceptors (Lipinski definition) is 5. The molecule has 0 radical (unpaired) electrons. The van der Waals surface area contributed by atoms with Gasteiger partial charge in [0.2, 0.25) is 0 Å². The van der Waals surface area contributed by atoms with E-state index in [-0.39, 0.29) is 0 Å². The third-order valence-electron chi connectivity index (χ3n) is 5.98. The number of fused-ring (bicyclic) bond motifs is 2. The molecule has 152 valence electrons. The van der Waals surface area contributed by atoms with E-state index in [1.807, 2.05) is 6.07 Å². The third-order valence-corrected chi connectivity index (χ3v) is 5.98. The zero-order chi connectivity index (χ0) is 19.5. The Balaban J connectivity index is 1.08. The summed E-state index contributed by atoms with van der Waals surface area (Å²) in [6.07, 6.45) is 6.34. The van der Waals surface area contributed by atoms with E-state index in [1.165, 1.54) is 23.7 Å². The normalized spacial score (nSPS) is 17.7. The number of pyridine rings is 1. The van der Waals surface area contributed by atoms with Crippen LogP contribution >= 0.6 is 0 Å². The highest BCUT2D eigenvalue weighted by Crippen LogP contribution is 2.29. The molecule has 6 nitrogen and oxygen atoms in total. The van der Waals surface area contributed by atoms with Gasteiger partial charge in [0.05, 0.1) is 11.9 Å². The number of aromatic nitrogens is 2. The highest BCUT2D eigenvalue weighted by atomic mass is 16.6. The molecule has 3 aromatic rings. The summed E-state index contributed by atoms with van der Waals surface area (Å²) in [5, 5.41) is 4.99. The first kappa shape index (κ1) is 18.5. The number of piperidine rings is 1. The van der Waals surface area contributed by atoms with Crippen molar-refractivity contribution >= 4 is 10.9 Å². The van der Waals surface area contributed by atoms with Crippen molar-refractivity contribution in [2.24, 2.45) is 0 Å². The monoisotopic (exact) mass is 392 g/mol. The first-order valence-electron chi connectivity index (χ1n) is 10.6. The predicted molar refractivity (Wildman–Crippen MR) is 113 cm³/mol. The lowest BCUT2D eigenvalue weighted by molar-refractivity contribution is 0.170. The van der Waals surface area contributed by atoms with Crippen molar-refractivity contribution in [1.82, 2.24) is 19.8 Å². The second-order valence-corrected chi connectivity index (χ2v) is 7.88. The molecule has 2 aromatic heterocycles. The predicted octanol–water partition coefficient (Wildman–Crippen LogP) is 3.06. The highest BCUT2D eigenvalue weighted by molar-refractivity contribution is 5.79. The quantitative estimate of drug-likeness (QED) is 0.699. The highest BCUT2D eigenvalue weighted by Gasteiger charge is 2.19. The maximum Gasteiger partial charge on any atom is 0.179 e. The summed E-state index contributed by atoms with van der Waals surface area (Å²) >= 11 is 0. The second-order valence-electron chi connectivity index (χ2n) is 7.88. The summed E-state index contributed by atoms with van der Waals surface area (Å²) in [6.45, 7) is 6.43. The molecule has 1 saturated heterocycles. The van der Waals surface area contributed by atoms with Crippen LogP contribution in [0, 0.1) is 0 Å². The third kappa shape index (κ3) is 4.23. The van der Waals surface area contributed by atoms with Crippen LogP contribution in [0.2, 0.25) is 0 Å². The number of hydrogen-bond donors (Lipinski definition) is 1. The Morgan fingerprint density at radius 1 is 1.00 bits per heavy atom. The number of benzene rings is 1. The minimum atomic E-state index is 0.550. The van der Waals surface area contributed by atoms with Crippen LogP contribution < -0.4 is 14.8 Å². The number of nitrogens with zero attached hydrogens (tertiary/aromatic N) is 3. The van der Waals surface area contributed by atoms with Crippen molar-refractivity contribution in [2.45, 2.75) is 32.0 Å². The first-order chi connectivity index (χ1) is 14.3. The van der Waals surface area contributed by atoms with Crippen LogP contribution in [-0.2, 0) is 13.1 Å². The van der Waals surface area contributed by atoms with Gasteiger partial charge in [-0.15, -0.1) is 0 Å². The topological polar surface area (TPSA) is 51.6 Å². The van der Waals surface area contributed by atoms with E-state index in [1.54, 1.807) is 6.20 Å². The first-order valence-corrected chi connectivity index (χ1v) is 10.6. The summed E-state index contributed by atoms with van der Waals surface area (Å²) in [7, 11) is 0. The van der Waals surface area contributed by atoms with Crippen LogP contribution in [0.4, 0.5) is 0 Å². The SMILES string of the molecule is c1ccc2c(c1)ccn2CCN1CCC(NCc2cc3c(cn2)OCCO3)CC1. The van der Waals surface area contributed by atoms with Crippen LogP contribution in [0.15, 0.2) is 48.8 Å². The molecule has 0 atom stereocenters. The average molecular weight is 393 g/mol. The number of para-hydroxylation sites is 1. The molecule has 5 rings (SSSR count). The zero-order valence-corrected chi connectivity index (χ0v) is 16.7. The summed E-state index contributed by atoms with van der Waals surface area (Å²) in [5.74, 6) is 1.57. The van der Waals surface area contributed by atoms with Gasteiger partial charge in [-0.25, -0.2) is 0 Å². The number of rotatable bonds is 6. The lowest BCUT2D eigenvalue weighted by Crippen LogP contribution is -2.43. The number of nitrogens with one attached hydrogen (secondary N) is 1. The lowest BCUT2D eigenvalue weighted by atomic mass is 10.0. The smallest absolute Gasteiger partial charge is 0.179 e. The molecule has 0 amide bonds. The molecule has 0 unspecified atom stereocenters. The molecular formula is C23H28N4O2. The van der Waals surface area contributed by atoms with Crippen LogP contribution in [0.5, 0.6) is 11.5 Å². The molecule has 2 aliphatic heterocycles. The molecule has 0 aliphatic carbocycles. The van der Waals surface area contributed by atoms with Crippen LogP contribution in [0.1, 0.15) is 18.5 Å². The van der Waals surface area contributed by atoms with Crippen molar-refractivity contribution in [3.05, 3.63) is 54.5 Å². The molecule has 0 spiro atoms. The maximum atomic E-state index is 5.65. The standard InChI is InChI=1S/C23H28N4O2/c1-2-4-21-18(3-1)5-10-27(21)12-11-26-8-6-19(7-9-26)24-16-20-15-22-23(17-25-20)29-14-13-28-22/h1-5,10,15,17,19,24H,6-9,11-14,16H2. The fourth-order valence-corrected chi connectivity index (χ4v) is 4.28. The molecule has 0 saturated carbocycles. The Morgan fingerprint density at radius 3 is 2.72 bits per heavy atom. The van der Waals surface area contributed by atoms with Crippen molar-refractivity contribution in [2.75, 3.05) is 32.8 Å². The van der Waals surface area contributed by atoms with Crippen molar-refractivity contribution < 1.29 is 9.47 Å². The van der Waals surface area contributed by atoms with Crippen LogP contribution in [-0.4, -0.2) is 53.3 Å². The van der Waals surface area contributed by atoms with E-state index in [4.69, 9.17) is 9.47 Å². The van der Waals surface area contributed by atoms with E-state index in [0.29, 0.717) is 19.3 Å². The van der Waals surface area contributed by atoms with Crippen LogP contribution in [0.3, 0.4) is 0 Å². The Bertz CT molecular complexity index is 962. The fraction of sp³-hybridized carbons (Fsp3) is 0.435. The lowest BCUT2D eigenvalue weighted by Gasteiger charge is -2.32. The maximum absolute atomic E-state index is 5.65. The van der Waals surface area contributed by atoms with Gasteiger partial charge in [0.1, 0.15) is 13.2 Å². The van der Waals surface area contributed by atoms with E-state index in [9.17, 15) is 0 Å². The summed E-state index contributed by atoms with van der Waals surface area (Å²) in [5.41, 5.74) is 2.34. The van der Waals surface area contributed by atoms with Crippen molar-refractivity contribution in [3.8, 4) is 11.5 Å². The van der Waals surface area contributed by atoms with Crippen molar-refractivity contribution in [1.29, 1.82) is 0 Å². The van der Waals surface area contributed by atoms with Gasteiger partial charge in [-0.3, -0.25) is 4.98 Å². The Hall–Kier alpha value is -2.57.